The zero-order valence-corrected chi connectivity index (χ0v) is 12.4. The molecule has 3 aromatic rings. The van der Waals surface area contributed by atoms with Crippen molar-refractivity contribution in [3.63, 3.8) is 0 Å². The van der Waals surface area contributed by atoms with E-state index in [1.807, 2.05) is 30.3 Å². The topological polar surface area (TPSA) is 55.8 Å². The van der Waals surface area contributed by atoms with Crippen LogP contribution in [0.3, 0.4) is 0 Å². The lowest BCUT2D eigenvalue weighted by atomic mass is 9.95. The fraction of sp³-hybridized carbons (Fsp3) is 0.105. The van der Waals surface area contributed by atoms with Gasteiger partial charge in [-0.05, 0) is 41.1 Å². The van der Waals surface area contributed by atoms with Crippen LogP contribution in [0, 0.1) is 0 Å². The molecule has 0 aliphatic carbocycles. The Balaban J connectivity index is 1.86. The fourth-order valence-corrected chi connectivity index (χ4v) is 2.95. The third-order valence-corrected chi connectivity index (χ3v) is 4.16. The highest BCUT2D eigenvalue weighted by Gasteiger charge is 2.49. The Morgan fingerprint density at radius 1 is 1.00 bits per heavy atom. The Morgan fingerprint density at radius 3 is 2.48 bits per heavy atom. The van der Waals surface area contributed by atoms with Gasteiger partial charge in [-0.2, -0.15) is 0 Å². The summed E-state index contributed by atoms with van der Waals surface area (Å²) in [4.78, 5) is 12.9. The van der Waals surface area contributed by atoms with Crippen LogP contribution in [0.4, 0.5) is 0 Å². The van der Waals surface area contributed by atoms with Crippen molar-refractivity contribution in [2.24, 2.45) is 0 Å². The van der Waals surface area contributed by atoms with E-state index in [1.165, 1.54) is 0 Å². The molecular weight excluding hydrogens is 292 g/mol. The predicted octanol–water partition coefficient (Wildman–Crippen LogP) is 3.27. The molecule has 1 N–H and O–H groups in total. The molecule has 114 valence electrons. The summed E-state index contributed by atoms with van der Waals surface area (Å²) >= 11 is 0. The normalized spacial score (nSPS) is 19.5. The zero-order chi connectivity index (χ0) is 16.0. The van der Waals surface area contributed by atoms with Crippen LogP contribution in [0.5, 0.6) is 11.5 Å². The first-order valence-corrected chi connectivity index (χ1v) is 7.26. The molecule has 0 radical (unpaired) electrons. The van der Waals surface area contributed by atoms with E-state index in [4.69, 9.17) is 9.47 Å². The smallest absolute Gasteiger partial charge is 0.300 e. The van der Waals surface area contributed by atoms with Gasteiger partial charge in [-0.1, -0.05) is 30.3 Å². The number of rotatable bonds is 2. The first kappa shape index (κ1) is 13.8. The molecule has 0 bridgehead atoms. The summed E-state index contributed by atoms with van der Waals surface area (Å²) in [5.74, 6) is -1.41. The average molecular weight is 306 g/mol. The molecule has 0 saturated carbocycles. The summed E-state index contributed by atoms with van der Waals surface area (Å²) in [6, 6.07) is 17.8. The number of ketones is 1. The van der Waals surface area contributed by atoms with Gasteiger partial charge in [0.25, 0.3) is 5.79 Å². The molecule has 23 heavy (non-hydrogen) atoms. The van der Waals surface area contributed by atoms with E-state index in [2.05, 4.69) is 0 Å². The molecule has 3 aromatic carbocycles. The maximum atomic E-state index is 12.9. The van der Waals surface area contributed by atoms with Gasteiger partial charge in [0.1, 0.15) is 11.5 Å². The molecule has 1 atom stereocenters. The Bertz CT molecular complexity index is 914. The van der Waals surface area contributed by atoms with Crippen LogP contribution in [0.15, 0.2) is 60.7 Å². The highest BCUT2D eigenvalue weighted by atomic mass is 16.6. The quantitative estimate of drug-likeness (QED) is 0.789. The number of Topliss-reactive ketones (excluding diaryl/α,β-unsaturated/α-hetero) is 1. The minimum absolute atomic E-state index is 0.378. The number of hydrogen-bond acceptors (Lipinski definition) is 4. The summed E-state index contributed by atoms with van der Waals surface area (Å²) in [6.07, 6.45) is 0. The number of ether oxygens (including phenoxy) is 2. The SMILES string of the molecule is COc1ccc(C2(O)Oc3ccc4ccccc4c3C2=O)cc1. The van der Waals surface area contributed by atoms with Crippen LogP contribution in [0.2, 0.25) is 0 Å². The second-order valence-corrected chi connectivity index (χ2v) is 5.46. The summed E-state index contributed by atoms with van der Waals surface area (Å²) in [5, 5.41) is 12.6. The lowest BCUT2D eigenvalue weighted by molar-refractivity contribution is -0.0959. The van der Waals surface area contributed by atoms with Gasteiger partial charge >= 0.3 is 0 Å². The van der Waals surface area contributed by atoms with Crippen LogP contribution in [-0.2, 0) is 5.79 Å². The number of carbonyl (C=O) groups is 1. The molecule has 1 aliphatic heterocycles. The highest BCUT2D eigenvalue weighted by Crippen LogP contribution is 2.43. The van der Waals surface area contributed by atoms with E-state index in [9.17, 15) is 9.90 Å². The van der Waals surface area contributed by atoms with Crippen LogP contribution < -0.4 is 9.47 Å². The number of hydrogen-bond donors (Lipinski definition) is 1. The van der Waals surface area contributed by atoms with Gasteiger partial charge in [0.15, 0.2) is 0 Å². The maximum absolute atomic E-state index is 12.9. The number of fused-ring (bicyclic) bond motifs is 3. The summed E-state index contributed by atoms with van der Waals surface area (Å²) in [7, 11) is 1.56. The Kier molecular flexibility index (Phi) is 2.89. The van der Waals surface area contributed by atoms with Crippen molar-refractivity contribution >= 4 is 16.6 Å². The third-order valence-electron chi connectivity index (χ3n) is 4.16. The number of carbonyl (C=O) groups excluding carboxylic acids is 1. The molecule has 4 rings (SSSR count). The van der Waals surface area contributed by atoms with Crippen molar-refractivity contribution in [1.29, 1.82) is 0 Å². The molecule has 0 saturated heterocycles. The van der Waals surface area contributed by atoms with E-state index in [0.29, 0.717) is 22.6 Å². The van der Waals surface area contributed by atoms with Crippen molar-refractivity contribution in [3.05, 3.63) is 71.8 Å². The van der Waals surface area contributed by atoms with Crippen molar-refractivity contribution in [1.82, 2.24) is 0 Å². The van der Waals surface area contributed by atoms with Gasteiger partial charge in [-0.25, -0.2) is 0 Å². The Hall–Kier alpha value is -2.85. The van der Waals surface area contributed by atoms with Crippen LogP contribution in [0.25, 0.3) is 10.8 Å². The Morgan fingerprint density at radius 2 is 1.74 bits per heavy atom. The minimum atomic E-state index is -2.00. The highest BCUT2D eigenvalue weighted by molar-refractivity contribution is 6.15. The number of methoxy groups -OCH3 is 1. The maximum Gasteiger partial charge on any atom is 0.300 e. The molecule has 0 aromatic heterocycles. The average Bonchev–Trinajstić information content (AvgIpc) is 2.87. The van der Waals surface area contributed by atoms with Crippen LogP contribution in [-0.4, -0.2) is 18.0 Å². The van der Waals surface area contributed by atoms with Gasteiger partial charge in [0.2, 0.25) is 5.78 Å². The van der Waals surface area contributed by atoms with Gasteiger partial charge in [-0.3, -0.25) is 4.79 Å². The molecule has 1 unspecified atom stereocenters. The van der Waals surface area contributed by atoms with Crippen molar-refractivity contribution in [2.45, 2.75) is 5.79 Å². The van der Waals surface area contributed by atoms with E-state index in [1.54, 1.807) is 37.4 Å². The number of benzene rings is 3. The van der Waals surface area contributed by atoms with E-state index in [-0.39, 0.29) is 0 Å². The van der Waals surface area contributed by atoms with Gasteiger partial charge in [0, 0.05) is 5.56 Å². The van der Waals surface area contributed by atoms with Gasteiger partial charge < -0.3 is 14.6 Å². The van der Waals surface area contributed by atoms with Crippen molar-refractivity contribution in [2.75, 3.05) is 7.11 Å². The molecule has 1 heterocycles. The second-order valence-electron chi connectivity index (χ2n) is 5.46. The molecule has 0 amide bonds. The van der Waals surface area contributed by atoms with Crippen molar-refractivity contribution in [3.8, 4) is 11.5 Å². The van der Waals surface area contributed by atoms with E-state index >= 15 is 0 Å². The largest absolute Gasteiger partial charge is 0.497 e. The predicted molar refractivity (Wildman–Crippen MR) is 85.8 cm³/mol. The first-order valence-electron chi connectivity index (χ1n) is 7.26. The lowest BCUT2D eigenvalue weighted by Crippen LogP contribution is -2.36. The summed E-state index contributed by atoms with van der Waals surface area (Å²) in [5.41, 5.74) is 0.796. The van der Waals surface area contributed by atoms with Crippen LogP contribution >= 0.6 is 0 Å². The fourth-order valence-electron chi connectivity index (χ4n) is 2.95. The Labute approximate surface area is 132 Å². The standard InChI is InChI=1S/C19H14O4/c1-22-14-9-7-13(8-10-14)19(21)18(20)17-15-5-3-2-4-12(15)6-11-16(17)23-19/h2-11,21H,1H3. The summed E-state index contributed by atoms with van der Waals surface area (Å²) in [6.45, 7) is 0. The first-order chi connectivity index (χ1) is 11.1. The monoisotopic (exact) mass is 306 g/mol. The van der Waals surface area contributed by atoms with Crippen LogP contribution in [0.1, 0.15) is 15.9 Å². The molecule has 4 nitrogen and oxygen atoms in total. The molecule has 0 spiro atoms. The van der Waals surface area contributed by atoms with E-state index in [0.717, 1.165) is 10.8 Å². The van der Waals surface area contributed by atoms with E-state index < -0.39 is 11.6 Å². The minimum Gasteiger partial charge on any atom is -0.497 e. The van der Waals surface area contributed by atoms with Gasteiger partial charge in [-0.15, -0.1) is 0 Å². The summed E-state index contributed by atoms with van der Waals surface area (Å²) < 4.78 is 10.7. The number of aliphatic hydroxyl groups is 1. The molecule has 4 heteroatoms. The lowest BCUT2D eigenvalue weighted by Gasteiger charge is -2.21. The van der Waals surface area contributed by atoms with Crippen molar-refractivity contribution < 1.29 is 19.4 Å². The molecule has 0 fully saturated rings. The molecular formula is C19H14O4. The third kappa shape index (κ3) is 1.92. The second kappa shape index (κ2) is 4.83. The van der Waals surface area contributed by atoms with Gasteiger partial charge in [0.05, 0.1) is 12.7 Å². The zero-order valence-electron chi connectivity index (χ0n) is 12.4. The molecule has 1 aliphatic rings.